The zero-order valence-corrected chi connectivity index (χ0v) is 13.6. The van der Waals surface area contributed by atoms with Crippen LogP contribution in [0.25, 0.3) is 22.6 Å². The second-order valence-corrected chi connectivity index (χ2v) is 5.45. The molecule has 4 nitrogen and oxygen atoms in total. The molecule has 22 heavy (non-hydrogen) atoms. The van der Waals surface area contributed by atoms with Crippen LogP contribution >= 0.6 is 0 Å². The number of benzene rings is 2. The summed E-state index contributed by atoms with van der Waals surface area (Å²) in [6, 6.07) is 8.15. The van der Waals surface area contributed by atoms with Crippen LogP contribution in [0.15, 0.2) is 28.7 Å². The Morgan fingerprint density at radius 1 is 1.09 bits per heavy atom. The Hall–Kier alpha value is -2.36. The van der Waals surface area contributed by atoms with Crippen LogP contribution in [0, 0.1) is 13.8 Å². The first-order valence-corrected chi connectivity index (χ1v) is 7.80. The van der Waals surface area contributed by atoms with Crippen LogP contribution in [-0.2, 0) is 0 Å². The fraction of sp³-hybridized carbons (Fsp3) is 0.333. The summed E-state index contributed by atoms with van der Waals surface area (Å²) in [5, 5.41) is 4.46. The third kappa shape index (κ3) is 2.34. The van der Waals surface area contributed by atoms with Gasteiger partial charge in [0.15, 0.2) is 11.3 Å². The maximum Gasteiger partial charge on any atom is 0.205 e. The van der Waals surface area contributed by atoms with E-state index < -0.39 is 0 Å². The molecule has 1 aliphatic heterocycles. The molecule has 0 bridgehead atoms. The molecule has 0 unspecified atom stereocenters. The van der Waals surface area contributed by atoms with Gasteiger partial charge in [0.1, 0.15) is 17.8 Å². The highest BCUT2D eigenvalue weighted by Gasteiger charge is 2.16. The van der Waals surface area contributed by atoms with Crippen molar-refractivity contribution in [1.29, 1.82) is 0 Å². The van der Waals surface area contributed by atoms with E-state index in [4.69, 9.17) is 9.40 Å². The van der Waals surface area contributed by atoms with Crippen LogP contribution in [0.5, 0.6) is 0 Å². The normalized spacial score (nSPS) is 12.3. The molecular weight excluding hydrogens is 274 g/mol. The largest absolute Gasteiger partial charge is 0.452 e. The number of fused-ring (bicyclic) bond motifs is 2. The van der Waals surface area contributed by atoms with Gasteiger partial charge in [-0.3, -0.25) is 0 Å². The predicted octanol–water partition coefficient (Wildman–Crippen LogP) is 1.98. The lowest BCUT2D eigenvalue weighted by atomic mass is 10.1. The fourth-order valence-electron chi connectivity index (χ4n) is 2.78. The van der Waals surface area contributed by atoms with Crippen molar-refractivity contribution in [3.8, 4) is 11.5 Å². The van der Waals surface area contributed by atoms with Gasteiger partial charge in [-0.05, 0) is 45.9 Å². The summed E-state index contributed by atoms with van der Waals surface area (Å²) in [6.45, 7) is 10.1. The monoisotopic (exact) mass is 296 g/mol. The summed E-state index contributed by atoms with van der Waals surface area (Å²) >= 11 is 0. The van der Waals surface area contributed by atoms with Crippen molar-refractivity contribution in [2.75, 3.05) is 18.4 Å². The average Bonchev–Trinajstić information content (AvgIpc) is 2.52. The Morgan fingerprint density at radius 3 is 2.64 bits per heavy atom. The van der Waals surface area contributed by atoms with Crippen LogP contribution in [-0.4, -0.2) is 18.1 Å². The molecule has 0 spiro atoms. The number of hydrogen-bond donors (Lipinski definition) is 2. The molecule has 3 rings (SSSR count). The van der Waals surface area contributed by atoms with E-state index in [1.54, 1.807) is 0 Å². The van der Waals surface area contributed by atoms with Gasteiger partial charge in [0.2, 0.25) is 5.36 Å². The van der Waals surface area contributed by atoms with Crippen molar-refractivity contribution < 1.29 is 9.41 Å². The molecule has 114 valence electrons. The van der Waals surface area contributed by atoms with Gasteiger partial charge in [-0.1, -0.05) is 0 Å². The van der Waals surface area contributed by atoms with Gasteiger partial charge in [0, 0.05) is 23.9 Å². The SMILES string of the molecule is CCNc1ccc2nc3ccc(=[NH+]CC)c(C)c-3oc2c1C. The molecular formula is C18H22N3O+. The summed E-state index contributed by atoms with van der Waals surface area (Å²) < 4.78 is 6.24. The van der Waals surface area contributed by atoms with Crippen LogP contribution < -0.4 is 15.7 Å². The molecule has 0 saturated carbocycles. The van der Waals surface area contributed by atoms with Crippen LogP contribution in [0.3, 0.4) is 0 Å². The van der Waals surface area contributed by atoms with Gasteiger partial charge in [0.05, 0.1) is 5.56 Å². The maximum atomic E-state index is 6.24. The van der Waals surface area contributed by atoms with Crippen LogP contribution in [0.2, 0.25) is 0 Å². The van der Waals surface area contributed by atoms with Gasteiger partial charge in [0.25, 0.3) is 0 Å². The number of aromatic nitrogens is 1. The molecule has 0 radical (unpaired) electrons. The summed E-state index contributed by atoms with van der Waals surface area (Å²) in [5.41, 5.74) is 5.93. The Morgan fingerprint density at radius 2 is 1.91 bits per heavy atom. The van der Waals surface area contributed by atoms with E-state index >= 15 is 0 Å². The third-order valence-corrected chi connectivity index (χ3v) is 3.95. The molecule has 0 saturated heterocycles. The first-order valence-electron chi connectivity index (χ1n) is 7.80. The van der Waals surface area contributed by atoms with Gasteiger partial charge in [-0.15, -0.1) is 0 Å². The Kier molecular flexibility index (Phi) is 3.84. The van der Waals surface area contributed by atoms with Crippen molar-refractivity contribution in [1.82, 2.24) is 4.98 Å². The van der Waals surface area contributed by atoms with Gasteiger partial charge in [-0.25, -0.2) is 9.98 Å². The van der Waals surface area contributed by atoms with Gasteiger partial charge >= 0.3 is 0 Å². The first kappa shape index (κ1) is 14.6. The Bertz CT molecular complexity index is 864. The number of rotatable bonds is 3. The van der Waals surface area contributed by atoms with E-state index in [0.717, 1.165) is 57.8 Å². The highest BCUT2D eigenvalue weighted by Crippen LogP contribution is 2.30. The molecule has 1 heterocycles. The van der Waals surface area contributed by atoms with Crippen molar-refractivity contribution in [3.05, 3.63) is 40.7 Å². The fourth-order valence-corrected chi connectivity index (χ4v) is 2.78. The standard InChI is InChI=1S/C18H21N3O/c1-5-19-13-7-9-15-17(11(13)3)22-18-12(4)14(20-6-2)8-10-16(18)21-15/h7-10,19H,5-6H2,1-4H3/p+1. The molecule has 0 aromatic heterocycles. The number of hydrogen-bond acceptors (Lipinski definition) is 3. The molecule has 4 heteroatoms. The summed E-state index contributed by atoms with van der Waals surface area (Å²) in [5.74, 6) is 0.850. The highest BCUT2D eigenvalue weighted by atomic mass is 16.3. The van der Waals surface area contributed by atoms with Gasteiger partial charge < -0.3 is 9.73 Å². The minimum Gasteiger partial charge on any atom is -0.452 e. The lowest BCUT2D eigenvalue weighted by Gasteiger charge is -2.12. The smallest absolute Gasteiger partial charge is 0.205 e. The lowest BCUT2D eigenvalue weighted by molar-refractivity contribution is -0.496. The molecule has 0 fully saturated rings. The molecule has 2 aliphatic rings. The number of nitrogens with zero attached hydrogens (tertiary/aromatic N) is 1. The lowest BCUT2D eigenvalue weighted by Crippen LogP contribution is -2.76. The average molecular weight is 296 g/mol. The zero-order valence-electron chi connectivity index (χ0n) is 13.6. The minimum absolute atomic E-state index is 0.850. The van der Waals surface area contributed by atoms with E-state index in [-0.39, 0.29) is 0 Å². The topological polar surface area (TPSA) is 52.0 Å². The second-order valence-electron chi connectivity index (χ2n) is 5.45. The third-order valence-electron chi connectivity index (χ3n) is 3.95. The van der Waals surface area contributed by atoms with Crippen molar-refractivity contribution in [3.63, 3.8) is 0 Å². The number of nitrogens with one attached hydrogen (secondary N) is 2. The summed E-state index contributed by atoms with van der Waals surface area (Å²) in [6.07, 6.45) is 0. The zero-order chi connectivity index (χ0) is 15.7. The van der Waals surface area contributed by atoms with Gasteiger partial charge in [-0.2, -0.15) is 0 Å². The van der Waals surface area contributed by atoms with E-state index in [1.807, 2.05) is 12.1 Å². The maximum absolute atomic E-state index is 6.24. The van der Waals surface area contributed by atoms with E-state index in [0.29, 0.717) is 0 Å². The van der Waals surface area contributed by atoms with Crippen molar-refractivity contribution >= 4 is 16.8 Å². The highest BCUT2D eigenvalue weighted by molar-refractivity contribution is 5.84. The summed E-state index contributed by atoms with van der Waals surface area (Å²) in [7, 11) is 0. The van der Waals surface area contributed by atoms with E-state index in [2.05, 4.69) is 50.1 Å². The Labute approximate surface area is 130 Å². The number of aryl methyl sites for hydroxylation is 1. The van der Waals surface area contributed by atoms with Crippen LogP contribution in [0.4, 0.5) is 5.69 Å². The molecule has 0 atom stereocenters. The summed E-state index contributed by atoms with van der Waals surface area (Å²) in [4.78, 5) is 8.11. The quantitative estimate of drug-likeness (QED) is 0.727. The molecule has 2 N–H and O–H groups in total. The predicted molar refractivity (Wildman–Crippen MR) is 88.9 cm³/mol. The molecule has 1 aliphatic carbocycles. The second kappa shape index (κ2) is 5.79. The Balaban J connectivity index is 2.34. The number of anilines is 1. The molecule has 1 aromatic rings. The van der Waals surface area contributed by atoms with E-state index in [9.17, 15) is 0 Å². The first-order chi connectivity index (χ1) is 10.7. The molecule has 1 aromatic carbocycles. The van der Waals surface area contributed by atoms with Crippen molar-refractivity contribution in [2.24, 2.45) is 0 Å². The molecule has 0 amide bonds. The van der Waals surface area contributed by atoms with Crippen molar-refractivity contribution in [2.45, 2.75) is 27.7 Å². The minimum atomic E-state index is 0.850. The van der Waals surface area contributed by atoms with E-state index in [1.165, 1.54) is 0 Å². The van der Waals surface area contributed by atoms with Crippen LogP contribution in [0.1, 0.15) is 25.0 Å².